The first-order chi connectivity index (χ1) is 11.8. The highest BCUT2D eigenvalue weighted by molar-refractivity contribution is 8.00. The van der Waals surface area contributed by atoms with Crippen molar-refractivity contribution in [1.82, 2.24) is 15.1 Å². The summed E-state index contributed by atoms with van der Waals surface area (Å²) < 4.78 is 0. The molecule has 1 heterocycles. The van der Waals surface area contributed by atoms with E-state index in [-0.39, 0.29) is 17.2 Å². The van der Waals surface area contributed by atoms with Gasteiger partial charge in [0, 0.05) is 23.9 Å². The molecular formula is C17H23Cl2N3O2S. The average molecular weight is 404 g/mol. The fourth-order valence-corrected chi connectivity index (χ4v) is 4.52. The summed E-state index contributed by atoms with van der Waals surface area (Å²) in [6.07, 6.45) is 0.767. The third-order valence-electron chi connectivity index (χ3n) is 4.00. The predicted octanol–water partition coefficient (Wildman–Crippen LogP) is 2.96. The molecule has 0 unspecified atom stereocenters. The van der Waals surface area contributed by atoms with Crippen LogP contribution in [0.3, 0.4) is 0 Å². The van der Waals surface area contributed by atoms with E-state index in [1.165, 1.54) is 0 Å². The fraction of sp³-hybridized carbons (Fsp3) is 0.529. The molecule has 1 saturated heterocycles. The summed E-state index contributed by atoms with van der Waals surface area (Å²) in [7, 11) is 3.89. The van der Waals surface area contributed by atoms with Crippen LogP contribution in [0.5, 0.6) is 0 Å². The minimum absolute atomic E-state index is 0.0381. The highest BCUT2D eigenvalue weighted by Crippen LogP contribution is 2.34. The van der Waals surface area contributed by atoms with Gasteiger partial charge in [0.15, 0.2) is 0 Å². The second-order valence-electron chi connectivity index (χ2n) is 6.14. The molecule has 0 aromatic heterocycles. The number of benzene rings is 1. The van der Waals surface area contributed by atoms with Crippen molar-refractivity contribution < 1.29 is 9.59 Å². The van der Waals surface area contributed by atoms with Crippen molar-refractivity contribution >= 4 is 46.8 Å². The van der Waals surface area contributed by atoms with Crippen LogP contribution in [-0.4, -0.2) is 66.0 Å². The van der Waals surface area contributed by atoms with E-state index in [1.807, 2.05) is 25.9 Å². The normalized spacial score (nSPS) is 20.2. The van der Waals surface area contributed by atoms with Crippen molar-refractivity contribution in [2.75, 3.05) is 32.9 Å². The zero-order valence-electron chi connectivity index (χ0n) is 14.6. The Labute approximate surface area is 163 Å². The van der Waals surface area contributed by atoms with E-state index in [2.05, 4.69) is 5.32 Å². The van der Waals surface area contributed by atoms with Gasteiger partial charge in [-0.1, -0.05) is 30.1 Å². The zero-order valence-corrected chi connectivity index (χ0v) is 16.9. The molecule has 1 aliphatic heterocycles. The molecule has 0 radical (unpaired) electrons. The number of amides is 2. The third kappa shape index (κ3) is 5.03. The number of likely N-dealkylation sites (N-methyl/N-ethyl adjacent to an activating group) is 1. The lowest BCUT2D eigenvalue weighted by atomic mass is 10.1. The second kappa shape index (κ2) is 9.12. The van der Waals surface area contributed by atoms with E-state index in [9.17, 15) is 9.59 Å². The Hall–Kier alpha value is -0.950. The number of carbonyl (C=O) groups is 2. The summed E-state index contributed by atoms with van der Waals surface area (Å²) in [6.45, 7) is 3.31. The van der Waals surface area contributed by atoms with E-state index in [0.717, 1.165) is 13.0 Å². The predicted molar refractivity (Wildman–Crippen MR) is 105 cm³/mol. The third-order valence-corrected chi connectivity index (χ3v) is 6.00. The number of nitrogens with zero attached hydrogens (tertiary/aromatic N) is 2. The molecule has 0 bridgehead atoms. The number of carbonyl (C=O) groups excluding carboxylic acids is 2. The Morgan fingerprint density at radius 3 is 2.68 bits per heavy atom. The molecule has 0 aliphatic carbocycles. The van der Waals surface area contributed by atoms with Crippen molar-refractivity contribution in [3.05, 3.63) is 33.8 Å². The van der Waals surface area contributed by atoms with Crippen LogP contribution in [0.4, 0.5) is 0 Å². The van der Waals surface area contributed by atoms with E-state index < -0.39 is 6.04 Å². The number of nitrogens with one attached hydrogen (secondary N) is 1. The second-order valence-corrected chi connectivity index (χ2v) is 8.20. The van der Waals surface area contributed by atoms with E-state index >= 15 is 0 Å². The quantitative estimate of drug-likeness (QED) is 0.792. The first kappa shape index (κ1) is 20.4. The van der Waals surface area contributed by atoms with Crippen molar-refractivity contribution in [2.45, 2.75) is 24.8 Å². The molecule has 1 fully saturated rings. The Kier molecular flexibility index (Phi) is 7.43. The summed E-state index contributed by atoms with van der Waals surface area (Å²) in [5.74, 6) is 0.235. The van der Waals surface area contributed by atoms with Gasteiger partial charge in [-0.2, -0.15) is 0 Å². The molecule has 5 nitrogen and oxygen atoms in total. The van der Waals surface area contributed by atoms with Gasteiger partial charge in [-0.15, -0.1) is 11.8 Å². The van der Waals surface area contributed by atoms with Gasteiger partial charge in [-0.3, -0.25) is 9.59 Å². The van der Waals surface area contributed by atoms with Crippen LogP contribution in [0.2, 0.25) is 10.0 Å². The molecule has 2 atom stereocenters. The molecule has 2 amide bonds. The maximum Gasteiger partial charge on any atom is 0.256 e. The Bertz CT molecular complexity index is 642. The van der Waals surface area contributed by atoms with Crippen LogP contribution < -0.4 is 5.32 Å². The zero-order chi connectivity index (χ0) is 18.6. The van der Waals surface area contributed by atoms with Gasteiger partial charge >= 0.3 is 0 Å². The van der Waals surface area contributed by atoms with E-state index in [4.69, 9.17) is 23.2 Å². The SMILES string of the molecule is CC[C@H]1SC[C@H](C(=O)NCCN(C)C)N1C(=O)c1ccc(Cl)cc1Cl. The molecule has 1 aliphatic rings. The lowest BCUT2D eigenvalue weighted by Crippen LogP contribution is -2.50. The van der Waals surface area contributed by atoms with Gasteiger partial charge in [-0.25, -0.2) is 0 Å². The average Bonchev–Trinajstić information content (AvgIpc) is 2.97. The number of halogens is 2. The van der Waals surface area contributed by atoms with Crippen LogP contribution in [0.1, 0.15) is 23.7 Å². The number of rotatable bonds is 6. The molecule has 1 aromatic carbocycles. The summed E-state index contributed by atoms with van der Waals surface area (Å²) in [6, 6.07) is 4.31. The van der Waals surface area contributed by atoms with Gasteiger partial charge in [0.05, 0.1) is 16.0 Å². The highest BCUT2D eigenvalue weighted by atomic mass is 35.5. The number of thioether (sulfide) groups is 1. The molecular weight excluding hydrogens is 381 g/mol. The van der Waals surface area contributed by atoms with Gasteiger partial charge in [0.2, 0.25) is 5.91 Å². The summed E-state index contributed by atoms with van der Waals surface area (Å²) in [5.41, 5.74) is 0.373. The molecule has 1 N–H and O–H groups in total. The maximum absolute atomic E-state index is 13.0. The van der Waals surface area contributed by atoms with Gasteiger partial charge in [0.25, 0.3) is 5.91 Å². The molecule has 1 aromatic rings. The standard InChI is InChI=1S/C17H23Cl2N3O2S/c1-4-15-22(17(24)12-6-5-11(18)9-13(12)19)14(10-25-15)16(23)20-7-8-21(2)3/h5-6,9,14-15H,4,7-8,10H2,1-3H3,(H,20,23)/t14-,15-/m1/s1. The van der Waals surface area contributed by atoms with E-state index in [1.54, 1.807) is 34.9 Å². The van der Waals surface area contributed by atoms with Crippen LogP contribution in [-0.2, 0) is 4.79 Å². The van der Waals surface area contributed by atoms with Crippen molar-refractivity contribution in [2.24, 2.45) is 0 Å². The largest absolute Gasteiger partial charge is 0.353 e. The smallest absolute Gasteiger partial charge is 0.256 e. The molecule has 0 saturated carbocycles. The summed E-state index contributed by atoms with van der Waals surface area (Å²) >= 11 is 13.7. The molecule has 25 heavy (non-hydrogen) atoms. The van der Waals surface area contributed by atoms with Crippen LogP contribution in [0.25, 0.3) is 0 Å². The summed E-state index contributed by atoms with van der Waals surface area (Å²) in [5, 5.41) is 3.66. The topological polar surface area (TPSA) is 52.7 Å². The number of hydrogen-bond acceptors (Lipinski definition) is 4. The van der Waals surface area contributed by atoms with Gasteiger partial charge < -0.3 is 15.1 Å². The molecule has 138 valence electrons. The molecule has 0 spiro atoms. The van der Waals surface area contributed by atoms with Crippen molar-refractivity contribution in [3.8, 4) is 0 Å². The van der Waals surface area contributed by atoms with Crippen molar-refractivity contribution in [1.29, 1.82) is 0 Å². The Morgan fingerprint density at radius 1 is 1.36 bits per heavy atom. The lowest BCUT2D eigenvalue weighted by molar-refractivity contribution is -0.124. The Balaban J connectivity index is 2.18. The van der Waals surface area contributed by atoms with Crippen molar-refractivity contribution in [3.63, 3.8) is 0 Å². The number of hydrogen-bond donors (Lipinski definition) is 1. The monoisotopic (exact) mass is 403 g/mol. The lowest BCUT2D eigenvalue weighted by Gasteiger charge is -2.28. The first-order valence-electron chi connectivity index (χ1n) is 8.17. The molecule has 8 heteroatoms. The highest BCUT2D eigenvalue weighted by Gasteiger charge is 2.41. The fourth-order valence-electron chi connectivity index (χ4n) is 2.67. The van der Waals surface area contributed by atoms with Gasteiger partial charge in [0.1, 0.15) is 6.04 Å². The summed E-state index contributed by atoms with van der Waals surface area (Å²) in [4.78, 5) is 29.3. The minimum Gasteiger partial charge on any atom is -0.353 e. The van der Waals surface area contributed by atoms with Crippen LogP contribution in [0, 0.1) is 0 Å². The Morgan fingerprint density at radius 2 is 2.08 bits per heavy atom. The first-order valence-corrected chi connectivity index (χ1v) is 9.97. The minimum atomic E-state index is -0.489. The van der Waals surface area contributed by atoms with Gasteiger partial charge in [-0.05, 0) is 38.7 Å². The van der Waals surface area contributed by atoms with E-state index in [0.29, 0.717) is 27.9 Å². The maximum atomic E-state index is 13.0. The van der Waals surface area contributed by atoms with Crippen LogP contribution in [0.15, 0.2) is 18.2 Å². The van der Waals surface area contributed by atoms with Crippen LogP contribution >= 0.6 is 35.0 Å². The molecule has 2 rings (SSSR count).